The van der Waals surface area contributed by atoms with Crippen LogP contribution in [0.3, 0.4) is 0 Å². The van der Waals surface area contributed by atoms with Gasteiger partial charge in [0.25, 0.3) is 5.91 Å². The summed E-state index contributed by atoms with van der Waals surface area (Å²) in [5.41, 5.74) is 4.06. The van der Waals surface area contributed by atoms with E-state index in [1.54, 1.807) is 48.8 Å². The molecule has 330 valence electrons. The fourth-order valence-corrected chi connectivity index (χ4v) is 8.38. The molecular formula is C45H49Cl2N9O7. The lowest BCUT2D eigenvalue weighted by molar-refractivity contribution is 0.0689. The van der Waals surface area contributed by atoms with Gasteiger partial charge < -0.3 is 39.9 Å². The van der Waals surface area contributed by atoms with Gasteiger partial charge in [-0.25, -0.2) is 24.7 Å². The summed E-state index contributed by atoms with van der Waals surface area (Å²) in [5, 5.41) is 31.7. The van der Waals surface area contributed by atoms with Crippen LogP contribution in [0.25, 0.3) is 0 Å². The highest BCUT2D eigenvalue weighted by atomic mass is 35.5. The van der Waals surface area contributed by atoms with E-state index in [0.717, 1.165) is 63.0 Å². The van der Waals surface area contributed by atoms with Gasteiger partial charge in [-0.2, -0.15) is 9.97 Å². The minimum absolute atomic E-state index is 0.0477. The number of halogens is 2. The minimum Gasteiger partial charge on any atom is -0.477 e. The van der Waals surface area contributed by atoms with Gasteiger partial charge in [0.05, 0.1) is 26.0 Å². The molecule has 0 bridgehead atoms. The van der Waals surface area contributed by atoms with E-state index in [1.807, 2.05) is 6.07 Å². The number of anilines is 2. The van der Waals surface area contributed by atoms with Crippen molar-refractivity contribution in [1.29, 1.82) is 0 Å². The quantitative estimate of drug-likeness (QED) is 0.0928. The third kappa shape index (κ3) is 10.9. The highest BCUT2D eigenvalue weighted by molar-refractivity contribution is 6.31. The van der Waals surface area contributed by atoms with Crippen molar-refractivity contribution in [1.82, 2.24) is 35.2 Å². The number of amides is 1. The van der Waals surface area contributed by atoms with Crippen molar-refractivity contribution in [2.24, 2.45) is 10.8 Å². The lowest BCUT2D eigenvalue weighted by Crippen LogP contribution is -2.36. The molecule has 4 aliphatic rings. The lowest BCUT2D eigenvalue weighted by Gasteiger charge is -2.32. The molecule has 9 rings (SSSR count). The van der Waals surface area contributed by atoms with Gasteiger partial charge in [0, 0.05) is 54.8 Å². The first-order valence-corrected chi connectivity index (χ1v) is 21.8. The number of rotatable bonds is 14. The van der Waals surface area contributed by atoms with Crippen molar-refractivity contribution in [3.8, 4) is 11.8 Å². The summed E-state index contributed by atoms with van der Waals surface area (Å²) >= 11 is 12.3. The number of nitrogens with zero attached hydrogens (tertiary/aromatic N) is 8. The van der Waals surface area contributed by atoms with E-state index in [4.69, 9.17) is 32.7 Å². The number of ether oxygens (including phenoxy) is 2. The fourth-order valence-electron chi connectivity index (χ4n) is 7.85. The summed E-state index contributed by atoms with van der Waals surface area (Å²) in [5.74, 6) is 0.314. The number of carboxylic acid groups (broad SMARTS) is 1. The van der Waals surface area contributed by atoms with Crippen molar-refractivity contribution in [2.45, 2.75) is 84.3 Å². The molecule has 2 spiro atoms. The van der Waals surface area contributed by atoms with Gasteiger partial charge in [0.1, 0.15) is 30.2 Å². The maximum atomic E-state index is 13.0. The van der Waals surface area contributed by atoms with Crippen molar-refractivity contribution < 1.29 is 34.4 Å². The Bertz CT molecular complexity index is 2420. The molecule has 63 heavy (non-hydrogen) atoms. The van der Waals surface area contributed by atoms with Crippen LogP contribution in [0, 0.1) is 10.8 Å². The Kier molecular flexibility index (Phi) is 13.5. The smallest absolute Gasteiger partial charge is 0.342 e. The summed E-state index contributed by atoms with van der Waals surface area (Å²) in [7, 11) is 0. The van der Waals surface area contributed by atoms with Gasteiger partial charge in [-0.15, -0.1) is 0 Å². The molecule has 18 heteroatoms. The van der Waals surface area contributed by atoms with Gasteiger partial charge in [-0.1, -0.05) is 47.5 Å². The van der Waals surface area contributed by atoms with Crippen molar-refractivity contribution >= 4 is 47.0 Å². The van der Waals surface area contributed by atoms with Crippen molar-refractivity contribution in [3.63, 3.8) is 0 Å². The second-order valence-corrected chi connectivity index (χ2v) is 17.5. The average molecular weight is 899 g/mol. The molecule has 3 aromatic heterocycles. The van der Waals surface area contributed by atoms with Crippen molar-refractivity contribution in [2.75, 3.05) is 36.0 Å². The fraction of sp³-hybridized carbons (Fsp3) is 0.422. The molecular weight excluding hydrogens is 849 g/mol. The molecule has 16 nitrogen and oxygen atoms in total. The van der Waals surface area contributed by atoms with Gasteiger partial charge in [0.15, 0.2) is 0 Å². The summed E-state index contributed by atoms with van der Waals surface area (Å²) in [6.45, 7) is 3.72. The number of aromatic nitrogens is 6. The van der Waals surface area contributed by atoms with Crippen LogP contribution >= 0.6 is 23.2 Å². The Morgan fingerprint density at radius 3 is 1.56 bits per heavy atom. The summed E-state index contributed by atoms with van der Waals surface area (Å²) in [4.78, 5) is 54.8. The molecule has 1 amide bonds. The molecule has 0 atom stereocenters. The summed E-state index contributed by atoms with van der Waals surface area (Å²) in [6, 6.07) is 12.2. The number of carbonyl (C=O) groups is 2. The van der Waals surface area contributed by atoms with Gasteiger partial charge >= 0.3 is 5.97 Å². The first-order chi connectivity index (χ1) is 30.5. The number of hydrogen-bond donors (Lipinski definition) is 4. The Morgan fingerprint density at radius 2 is 1.13 bits per heavy atom. The third-order valence-corrected chi connectivity index (χ3v) is 13.1. The third-order valence-electron chi connectivity index (χ3n) is 12.4. The molecule has 5 heterocycles. The predicted molar refractivity (Wildman–Crippen MR) is 234 cm³/mol. The van der Waals surface area contributed by atoms with Crippen molar-refractivity contribution in [3.05, 3.63) is 117 Å². The van der Waals surface area contributed by atoms with Gasteiger partial charge in [0.2, 0.25) is 23.7 Å². The monoisotopic (exact) mass is 897 g/mol. The molecule has 4 N–H and O–H groups in total. The molecule has 2 saturated heterocycles. The highest BCUT2D eigenvalue weighted by Crippen LogP contribution is 2.54. The molecule has 5 aromatic rings. The molecule has 4 fully saturated rings. The van der Waals surface area contributed by atoms with Crippen LogP contribution in [0.1, 0.15) is 100 Å². The van der Waals surface area contributed by atoms with Crippen LogP contribution in [0.15, 0.2) is 67.3 Å². The minimum atomic E-state index is -1.13. The molecule has 2 saturated carbocycles. The molecule has 2 aliphatic heterocycles. The van der Waals surface area contributed by atoms with E-state index in [1.165, 1.54) is 38.1 Å². The summed E-state index contributed by atoms with van der Waals surface area (Å²) in [6.07, 6.45) is 15.9. The second kappa shape index (κ2) is 19.4. The summed E-state index contributed by atoms with van der Waals surface area (Å²) < 4.78 is 11.7. The number of carboxylic acids is 1. The van der Waals surface area contributed by atoms with E-state index >= 15 is 0 Å². The number of aliphatic hydroxyl groups excluding tert-OH is 2. The van der Waals surface area contributed by atoms with E-state index < -0.39 is 5.97 Å². The first-order valence-electron chi connectivity index (χ1n) is 21.1. The zero-order chi connectivity index (χ0) is 44.0. The van der Waals surface area contributed by atoms with Crippen LogP contribution in [0.5, 0.6) is 11.8 Å². The van der Waals surface area contributed by atoms with Crippen LogP contribution in [-0.2, 0) is 33.0 Å². The standard InChI is InChI=1S/C25H27ClN6O3.C20H22ClN3O4/c26-20-12-17(2-3-18(20)15-33)16-35-23-19(22(34)29-14-21-27-8-1-9-28-21)13-30-24(31-23)32-10-6-25(4-5-25)7-11-32;21-16-9-13(1-2-14(16)11-25)12-28-17-15(18(26)27)10-22-19(23-17)24-7-5-20(3-4-20)6-8-24/h1-3,8-9,12-13,33H,4-7,10-11,14-16H2,(H,29,34);1-2,9-10,25H,3-8,11-12H2,(H,26,27). The first kappa shape index (κ1) is 43.9. The highest BCUT2D eigenvalue weighted by Gasteiger charge is 2.45. The number of aromatic carboxylic acids is 1. The Hall–Kier alpha value is -5.68. The topological polar surface area (TPSA) is 209 Å². The zero-order valence-corrected chi connectivity index (χ0v) is 36.2. The number of piperidine rings is 2. The Labute approximate surface area is 374 Å². The average Bonchev–Trinajstić information content (AvgIpc) is 4.25. The molecule has 2 aliphatic carbocycles. The normalized spacial score (nSPS) is 16.8. The van der Waals surface area contributed by atoms with Crippen LogP contribution in [0.4, 0.5) is 11.9 Å². The van der Waals surface area contributed by atoms with Gasteiger partial charge in [-0.3, -0.25) is 4.79 Å². The van der Waals surface area contributed by atoms with Gasteiger partial charge in [-0.05, 0) is 103 Å². The second-order valence-electron chi connectivity index (χ2n) is 16.6. The van der Waals surface area contributed by atoms with Crippen LogP contribution in [-0.4, -0.2) is 83.3 Å². The van der Waals surface area contributed by atoms with Crippen LogP contribution < -0.4 is 24.6 Å². The Morgan fingerprint density at radius 1 is 0.667 bits per heavy atom. The predicted octanol–water partition coefficient (Wildman–Crippen LogP) is 6.58. The van der Waals surface area contributed by atoms with E-state index in [2.05, 4.69) is 45.0 Å². The molecule has 2 aromatic carbocycles. The number of carbonyl (C=O) groups excluding carboxylic acids is 1. The molecule has 0 unspecified atom stereocenters. The van der Waals surface area contributed by atoms with E-state index in [0.29, 0.717) is 49.7 Å². The molecule has 0 radical (unpaired) electrons. The maximum absolute atomic E-state index is 13.0. The zero-order valence-electron chi connectivity index (χ0n) is 34.7. The number of hydrogen-bond acceptors (Lipinski definition) is 14. The Balaban J connectivity index is 0.000000177. The number of benzene rings is 2. The number of nitrogens with one attached hydrogen (secondary N) is 1. The van der Waals surface area contributed by atoms with Crippen LogP contribution in [0.2, 0.25) is 10.0 Å². The number of aliphatic hydroxyl groups is 2. The SMILES string of the molecule is O=C(NCc1ncccn1)c1cnc(N2CCC3(CC2)CC3)nc1OCc1ccc(CO)c(Cl)c1.O=C(O)c1cnc(N2CCC3(CC2)CC3)nc1OCc1ccc(CO)c(Cl)c1. The maximum Gasteiger partial charge on any atom is 0.342 e. The van der Waals surface area contributed by atoms with E-state index in [-0.39, 0.29) is 61.8 Å². The largest absolute Gasteiger partial charge is 0.477 e. The van der Waals surface area contributed by atoms with E-state index in [9.17, 15) is 24.9 Å². The lowest BCUT2D eigenvalue weighted by atomic mass is 9.94.